The number of hydrogen-bond donors (Lipinski definition) is 7. The zero-order valence-electron chi connectivity index (χ0n) is 76.7. The smallest absolute Gasteiger partial charge is 0.278 e. The Kier molecular flexibility index (Phi) is 27.9. The molecule has 0 atom stereocenters. The van der Waals surface area contributed by atoms with E-state index in [0.717, 1.165) is 148 Å². The molecule has 0 fully saturated rings. The van der Waals surface area contributed by atoms with E-state index in [4.69, 9.17) is 50.4 Å². The van der Waals surface area contributed by atoms with E-state index in [1.54, 1.807) is 177 Å². The van der Waals surface area contributed by atoms with E-state index in [0.29, 0.717) is 89.5 Å². The molecule has 0 aliphatic rings. The van der Waals surface area contributed by atoms with Crippen molar-refractivity contribution >= 4 is 132 Å². The lowest BCUT2D eigenvalue weighted by Crippen LogP contribution is -1.91. The summed E-state index contributed by atoms with van der Waals surface area (Å²) in [6.45, 7) is 63.0. The number of aromatic nitrogens is 5. The lowest BCUT2D eigenvalue weighted by molar-refractivity contribution is 0.381. The number of fused-ring (bicyclic) bond motifs is 7. The molecule has 0 unspecified atom stereocenters. The lowest BCUT2D eigenvalue weighted by atomic mass is 9.99. The second-order valence-electron chi connectivity index (χ2n) is 33.1. The number of aromatic hydroxyl groups is 7. The number of phenols is 7. The summed E-state index contributed by atoms with van der Waals surface area (Å²) in [4.78, 5) is 28.4. The minimum absolute atomic E-state index is 0.149. The average molecular weight is 1890 g/mol. The monoisotopic (exact) mass is 1890 g/mol. The maximum Gasteiger partial charge on any atom is 0.278 e. The molecule has 0 aliphatic heterocycles. The number of nitrogens with zero attached hydrogens (tertiary/aromatic N) is 12. The van der Waals surface area contributed by atoms with Crippen molar-refractivity contribution in [3.8, 4) is 118 Å². The van der Waals surface area contributed by atoms with Gasteiger partial charge in [-0.3, -0.25) is 0 Å². The van der Waals surface area contributed by atoms with Gasteiger partial charge in [-0.2, -0.15) is 13.2 Å². The standard InChI is InChI=1S/2C17H13FN2O.C17H14N2O.C16H10FNO2.C16H10FNOS.C16H11NOS.C15H11N3O/c1-10-4-5-11(6-16(10)21)13-7-12(19-2)8-15-17(13)14(18)9-20(15)3;1-10-4-5-11(6-16(10)21)13-7-12(19-2)8-15-14(13)9-17(18)20(15)3;1-11-4-5-12(8-17(11)20)15-9-13(18-2)10-16-14(15)6-7-19(16)3;1-9-3-4-10(6-14(9)19)13-8-12(18-2)5-11-7-15(17)20-16(11)13;1-9-3-4-10(5-14(9)19)12-6-11(18-2)7-15-13(12)8-16(17)20-15;1-10-3-4-11(7-15(10)18)14-8-12(17-2)9-16-13(14)5-6-19-16;1-10-3-4-11(7-14(10)19)13-8-12(16-2)9-15-17-5-6-18(13)15/h2*4-9,21H,1,3H3;4-10,20H,1,3H3;2*3-8,19H,1H3;3-9,18H,1H3;3-9,19H,1H3. The van der Waals surface area contributed by atoms with Crippen molar-refractivity contribution in [3.05, 3.63) is 415 Å². The SMILES string of the molecule is [C-]#[N+]c1cc(-c2ccc(C)c(O)c2)c2c(F)cn(C)c2c1.[C-]#[N+]c1cc(-c2ccc(C)c(O)c2)c2cc(F)n(C)c2c1.[C-]#[N+]c1cc(-c2ccc(C)c(O)c2)c2cc(F)sc2c1.[C-]#[N+]c1cc(-c2ccc(C)c(O)c2)c2ccn(C)c2c1.[C-]#[N+]c1cc(-c2ccc(C)c(O)c2)c2ccsc2c1.[C-]#[N+]c1cc(-c2ccc(C)c(O)c2)c2oc(F)cc2c1.[C-]#[N+]c1cc(-c2ccc(C)c(O)c2)n2ccnc2c1. The number of phenolic OH excluding ortho intramolecular Hbond substituents is 7. The molecular weight excluding hydrogens is 1810 g/mol. The Labute approximate surface area is 810 Å². The van der Waals surface area contributed by atoms with Gasteiger partial charge in [-0.25, -0.2) is 43.3 Å². The highest BCUT2D eigenvalue weighted by Crippen LogP contribution is 2.46. The predicted molar refractivity (Wildman–Crippen MR) is 550 cm³/mol. The summed E-state index contributed by atoms with van der Waals surface area (Å²) in [5.74, 6) is 0.808. The number of furan rings is 1. The molecular formula is C114H82F4N12O8S2. The van der Waals surface area contributed by atoms with Crippen molar-refractivity contribution < 1.29 is 57.7 Å². The van der Waals surface area contributed by atoms with E-state index in [9.17, 15) is 53.3 Å². The minimum Gasteiger partial charge on any atom is -0.508 e. The second-order valence-corrected chi connectivity index (χ2v) is 35.1. The molecule has 0 amide bonds. The number of aryl methyl sites for hydroxylation is 10. The van der Waals surface area contributed by atoms with Crippen molar-refractivity contribution in [1.82, 2.24) is 23.1 Å². The highest BCUT2D eigenvalue weighted by atomic mass is 32.1. The molecule has 20 nitrogen and oxygen atoms in total. The minimum atomic E-state index is -0.695. The molecule has 0 saturated heterocycles. The van der Waals surface area contributed by atoms with E-state index in [1.807, 2.05) is 159 Å². The van der Waals surface area contributed by atoms with Crippen LogP contribution < -0.4 is 0 Å². The summed E-state index contributed by atoms with van der Waals surface area (Å²) in [5, 5.41) is 75.4. The van der Waals surface area contributed by atoms with Crippen LogP contribution in [0.25, 0.3) is 181 Å². The molecule has 8 heterocycles. The van der Waals surface area contributed by atoms with Gasteiger partial charge in [-0.1, -0.05) is 84.9 Å². The van der Waals surface area contributed by atoms with E-state index in [-0.39, 0.29) is 57.1 Å². The summed E-state index contributed by atoms with van der Waals surface area (Å²) in [6.07, 6.45) is 6.92. The van der Waals surface area contributed by atoms with Crippen LogP contribution in [0.5, 0.6) is 40.2 Å². The van der Waals surface area contributed by atoms with Gasteiger partial charge in [0.05, 0.1) is 46.0 Å². The Morgan fingerprint density at radius 1 is 0.336 bits per heavy atom. The van der Waals surface area contributed by atoms with E-state index in [1.165, 1.54) is 29.0 Å². The molecule has 26 heteroatoms. The van der Waals surface area contributed by atoms with Gasteiger partial charge >= 0.3 is 0 Å². The molecule has 686 valence electrons. The van der Waals surface area contributed by atoms with Gasteiger partial charge in [-0.05, 0) is 305 Å². The van der Waals surface area contributed by atoms with E-state index < -0.39 is 6.01 Å². The van der Waals surface area contributed by atoms with Crippen LogP contribution in [0, 0.1) is 117 Å². The molecule has 0 spiro atoms. The molecule has 0 aliphatic carbocycles. The molecule has 13 aromatic carbocycles. The topological polar surface area (TPSA) is 217 Å². The quantitative estimate of drug-likeness (QED) is 0.0596. The first kappa shape index (κ1) is 96.0. The summed E-state index contributed by atoms with van der Waals surface area (Å²) in [5.41, 5.74) is 23.7. The third-order valence-electron chi connectivity index (χ3n) is 23.8. The fraction of sp³-hybridized carbons (Fsp3) is 0.0877. The number of rotatable bonds is 7. The molecule has 21 aromatic rings. The third-order valence-corrected chi connectivity index (χ3v) is 25.6. The fourth-order valence-corrected chi connectivity index (χ4v) is 17.6. The maximum absolute atomic E-state index is 14.2. The number of halogens is 4. The normalized spacial score (nSPS) is 10.7. The van der Waals surface area contributed by atoms with Gasteiger partial charge in [0, 0.05) is 128 Å². The maximum atomic E-state index is 14.2. The van der Waals surface area contributed by atoms with E-state index >= 15 is 0 Å². The summed E-state index contributed by atoms with van der Waals surface area (Å²) in [6, 6.07) is 69.7. The summed E-state index contributed by atoms with van der Waals surface area (Å²) < 4.78 is 68.7. The van der Waals surface area contributed by atoms with Gasteiger partial charge in [-0.15, -0.1) is 22.7 Å². The Morgan fingerprint density at radius 3 is 1.20 bits per heavy atom. The molecule has 0 saturated carbocycles. The van der Waals surface area contributed by atoms with Gasteiger partial charge in [0.25, 0.3) is 6.01 Å². The predicted octanol–water partition coefficient (Wildman–Crippen LogP) is 32.3. The van der Waals surface area contributed by atoms with Crippen LogP contribution in [0.15, 0.2) is 277 Å². The number of thiophene rings is 2. The van der Waals surface area contributed by atoms with Crippen molar-refractivity contribution in [2.75, 3.05) is 0 Å². The van der Waals surface area contributed by atoms with Crippen LogP contribution in [-0.4, -0.2) is 58.8 Å². The summed E-state index contributed by atoms with van der Waals surface area (Å²) >= 11 is 2.65. The van der Waals surface area contributed by atoms with E-state index in [2.05, 4.69) is 45.0 Å². The van der Waals surface area contributed by atoms with Crippen LogP contribution in [0.4, 0.5) is 57.4 Å². The Hall–Kier alpha value is -18.6. The molecule has 0 bridgehead atoms. The highest BCUT2D eigenvalue weighted by molar-refractivity contribution is 7.17. The fourth-order valence-electron chi connectivity index (χ4n) is 16.0. The zero-order valence-corrected chi connectivity index (χ0v) is 78.3. The van der Waals surface area contributed by atoms with Crippen molar-refractivity contribution in [2.45, 2.75) is 48.5 Å². The number of imidazole rings is 1. The number of pyridine rings is 1. The number of benzene rings is 13. The Morgan fingerprint density at radius 2 is 0.721 bits per heavy atom. The Bertz CT molecular complexity index is 8480. The Balaban J connectivity index is 0.000000124. The second kappa shape index (κ2) is 40.7. The molecule has 21 rings (SSSR count). The van der Waals surface area contributed by atoms with Crippen molar-refractivity contribution in [3.63, 3.8) is 0 Å². The molecule has 7 N–H and O–H groups in total. The van der Waals surface area contributed by atoms with Gasteiger partial charge in [0.2, 0.25) is 0 Å². The highest BCUT2D eigenvalue weighted by Gasteiger charge is 2.21. The van der Waals surface area contributed by atoms with Crippen LogP contribution in [0.3, 0.4) is 0 Å². The molecule has 0 radical (unpaired) electrons. The van der Waals surface area contributed by atoms with Crippen LogP contribution >= 0.6 is 22.7 Å². The van der Waals surface area contributed by atoms with Gasteiger partial charge in [0.1, 0.15) is 57.3 Å². The van der Waals surface area contributed by atoms with Crippen LogP contribution in [-0.2, 0) is 21.1 Å². The summed E-state index contributed by atoms with van der Waals surface area (Å²) in [7, 11) is 5.34. The first-order chi connectivity index (χ1) is 67.1. The first-order valence-electron chi connectivity index (χ1n) is 43.0. The average Bonchev–Trinajstić information content (AvgIpc) is 1.60. The third kappa shape index (κ3) is 20.3. The zero-order chi connectivity index (χ0) is 99.9. The molecule has 8 aromatic heterocycles. The van der Waals surface area contributed by atoms with Gasteiger partial charge in [0.15, 0.2) is 50.9 Å². The largest absolute Gasteiger partial charge is 0.508 e. The number of hydrogen-bond acceptors (Lipinski definition) is 11. The van der Waals surface area contributed by atoms with Crippen molar-refractivity contribution in [2.24, 2.45) is 21.1 Å². The lowest BCUT2D eigenvalue weighted by Gasteiger charge is -2.08. The van der Waals surface area contributed by atoms with Crippen LogP contribution in [0.2, 0.25) is 0 Å². The molecule has 140 heavy (non-hydrogen) atoms. The van der Waals surface area contributed by atoms with Gasteiger partial charge < -0.3 is 58.3 Å². The van der Waals surface area contributed by atoms with Crippen molar-refractivity contribution in [1.29, 1.82) is 0 Å². The first-order valence-corrected chi connectivity index (χ1v) is 44.7. The van der Waals surface area contributed by atoms with Crippen LogP contribution in [0.1, 0.15) is 38.9 Å².